The van der Waals surface area contributed by atoms with E-state index in [2.05, 4.69) is 34.4 Å². The molecule has 2 aromatic heterocycles. The van der Waals surface area contributed by atoms with Crippen LogP contribution in [0.15, 0.2) is 16.9 Å². The first kappa shape index (κ1) is 16.1. The number of nitrogens with zero attached hydrogens (tertiary/aromatic N) is 4. The predicted molar refractivity (Wildman–Crippen MR) is 84.8 cm³/mol. The lowest BCUT2D eigenvalue weighted by atomic mass is 9.97. The minimum absolute atomic E-state index is 0.0325. The Kier molecular flexibility index (Phi) is 4.77. The van der Waals surface area contributed by atoms with Gasteiger partial charge in [0.05, 0.1) is 18.3 Å². The molecule has 0 bridgehead atoms. The summed E-state index contributed by atoms with van der Waals surface area (Å²) in [4.78, 5) is 4.45. The molecule has 0 aromatic carbocycles. The Morgan fingerprint density at radius 3 is 2.87 bits per heavy atom. The van der Waals surface area contributed by atoms with Gasteiger partial charge in [0.1, 0.15) is 0 Å². The molecule has 0 radical (unpaired) electrons. The van der Waals surface area contributed by atoms with Crippen LogP contribution in [0.5, 0.6) is 0 Å². The number of aryl methyl sites for hydroxylation is 1. The Hall–Kier alpha value is -1.73. The van der Waals surface area contributed by atoms with Gasteiger partial charge in [0.15, 0.2) is 5.82 Å². The van der Waals surface area contributed by atoms with Crippen molar-refractivity contribution >= 4 is 0 Å². The third-order valence-corrected chi connectivity index (χ3v) is 4.30. The van der Waals surface area contributed by atoms with Crippen LogP contribution in [-0.4, -0.2) is 33.1 Å². The lowest BCUT2D eigenvalue weighted by Gasteiger charge is -2.19. The summed E-state index contributed by atoms with van der Waals surface area (Å²) < 4.78 is 13.1. The van der Waals surface area contributed by atoms with Gasteiger partial charge in [0.2, 0.25) is 5.89 Å². The van der Waals surface area contributed by atoms with E-state index >= 15 is 0 Å². The van der Waals surface area contributed by atoms with E-state index in [9.17, 15) is 0 Å². The molecule has 2 aromatic rings. The highest BCUT2D eigenvalue weighted by Gasteiger charge is 2.31. The molecule has 1 aliphatic rings. The summed E-state index contributed by atoms with van der Waals surface area (Å²) in [5, 5.41) is 11.8. The largest absolute Gasteiger partial charge is 0.373 e. The van der Waals surface area contributed by atoms with E-state index < -0.39 is 0 Å². The smallest absolute Gasteiger partial charge is 0.243 e. The molecule has 7 heteroatoms. The van der Waals surface area contributed by atoms with Gasteiger partial charge in [-0.15, -0.1) is 0 Å². The van der Waals surface area contributed by atoms with Crippen LogP contribution in [0.1, 0.15) is 62.5 Å². The van der Waals surface area contributed by atoms with Crippen molar-refractivity contribution in [2.75, 3.05) is 13.2 Å². The highest BCUT2D eigenvalue weighted by Crippen LogP contribution is 2.34. The van der Waals surface area contributed by atoms with E-state index in [1.54, 1.807) is 0 Å². The van der Waals surface area contributed by atoms with E-state index in [0.29, 0.717) is 11.8 Å². The van der Waals surface area contributed by atoms with Gasteiger partial charge in [-0.25, -0.2) is 0 Å². The molecule has 3 rings (SSSR count). The number of nitrogens with one attached hydrogen (secondary N) is 1. The third-order valence-electron chi connectivity index (χ3n) is 4.30. The molecule has 23 heavy (non-hydrogen) atoms. The Balaban J connectivity index is 1.58. The minimum atomic E-state index is 0.0325. The molecular formula is C16H25N5O2. The van der Waals surface area contributed by atoms with E-state index in [1.165, 1.54) is 0 Å². The van der Waals surface area contributed by atoms with E-state index in [4.69, 9.17) is 9.26 Å². The van der Waals surface area contributed by atoms with Gasteiger partial charge in [0, 0.05) is 43.8 Å². The molecular weight excluding hydrogens is 294 g/mol. The van der Waals surface area contributed by atoms with Gasteiger partial charge in [0.25, 0.3) is 0 Å². The molecule has 1 aliphatic heterocycles. The van der Waals surface area contributed by atoms with Gasteiger partial charge in [-0.3, -0.25) is 4.68 Å². The van der Waals surface area contributed by atoms with Crippen molar-refractivity contribution in [2.45, 2.75) is 45.3 Å². The number of hydrogen-bond acceptors (Lipinski definition) is 6. The number of rotatable bonds is 6. The Morgan fingerprint density at radius 2 is 2.22 bits per heavy atom. The first-order chi connectivity index (χ1) is 11.0. The van der Waals surface area contributed by atoms with E-state index in [1.807, 2.05) is 31.0 Å². The summed E-state index contributed by atoms with van der Waals surface area (Å²) >= 11 is 0. The van der Waals surface area contributed by atoms with E-state index in [-0.39, 0.29) is 18.1 Å². The zero-order valence-corrected chi connectivity index (χ0v) is 14.2. The topological polar surface area (TPSA) is 78.0 Å². The SMILES string of the molecule is CC(C)c1noc([C@H](C)NC[C@H]2CCO[C@@H]2c2cnn(C)c2)n1. The van der Waals surface area contributed by atoms with Crippen molar-refractivity contribution in [1.82, 2.24) is 25.2 Å². The quantitative estimate of drug-likeness (QED) is 0.880. The fraction of sp³-hybridized carbons (Fsp3) is 0.688. The van der Waals surface area contributed by atoms with Gasteiger partial charge in [-0.05, 0) is 13.3 Å². The second kappa shape index (κ2) is 6.80. The molecule has 0 unspecified atom stereocenters. The van der Waals surface area contributed by atoms with Crippen molar-refractivity contribution in [2.24, 2.45) is 13.0 Å². The summed E-state index contributed by atoms with van der Waals surface area (Å²) in [6, 6.07) is 0.0325. The van der Waals surface area contributed by atoms with Gasteiger partial charge < -0.3 is 14.6 Å². The third kappa shape index (κ3) is 3.61. The molecule has 3 heterocycles. The Labute approximate surface area is 136 Å². The fourth-order valence-electron chi connectivity index (χ4n) is 2.87. The molecule has 7 nitrogen and oxygen atoms in total. The Morgan fingerprint density at radius 1 is 1.39 bits per heavy atom. The van der Waals surface area contributed by atoms with Crippen molar-refractivity contribution in [3.63, 3.8) is 0 Å². The number of hydrogen-bond donors (Lipinski definition) is 1. The maximum absolute atomic E-state index is 5.89. The van der Waals surface area contributed by atoms with Crippen molar-refractivity contribution in [1.29, 1.82) is 0 Å². The highest BCUT2D eigenvalue weighted by atomic mass is 16.5. The fourth-order valence-corrected chi connectivity index (χ4v) is 2.87. The highest BCUT2D eigenvalue weighted by molar-refractivity contribution is 5.11. The van der Waals surface area contributed by atoms with Crippen LogP contribution < -0.4 is 5.32 Å². The number of ether oxygens (including phenoxy) is 1. The van der Waals surface area contributed by atoms with Crippen LogP contribution in [0.4, 0.5) is 0 Å². The monoisotopic (exact) mass is 319 g/mol. The first-order valence-electron chi connectivity index (χ1n) is 8.21. The second-order valence-corrected chi connectivity index (χ2v) is 6.56. The van der Waals surface area contributed by atoms with Gasteiger partial charge in [-0.2, -0.15) is 10.1 Å². The van der Waals surface area contributed by atoms with Crippen molar-refractivity contribution < 1.29 is 9.26 Å². The van der Waals surface area contributed by atoms with Crippen LogP contribution >= 0.6 is 0 Å². The van der Waals surface area contributed by atoms with Crippen LogP contribution in [0, 0.1) is 5.92 Å². The standard InChI is InChI=1S/C16H25N5O2/c1-10(2)15-19-16(23-20-15)11(3)17-7-12-5-6-22-14(12)13-8-18-21(4)9-13/h8-12,14,17H,5-7H2,1-4H3/t11-,12+,14-/m0/s1. The summed E-state index contributed by atoms with van der Waals surface area (Å²) in [5.74, 6) is 2.10. The predicted octanol–water partition coefficient (Wildman–Crippen LogP) is 2.35. The maximum atomic E-state index is 5.89. The molecule has 1 N–H and O–H groups in total. The van der Waals surface area contributed by atoms with E-state index in [0.717, 1.165) is 31.0 Å². The second-order valence-electron chi connectivity index (χ2n) is 6.56. The van der Waals surface area contributed by atoms with Gasteiger partial charge in [-0.1, -0.05) is 19.0 Å². The molecule has 0 aliphatic carbocycles. The average molecular weight is 319 g/mol. The van der Waals surface area contributed by atoms with Crippen molar-refractivity contribution in [3.05, 3.63) is 29.7 Å². The zero-order chi connectivity index (χ0) is 16.4. The molecule has 3 atom stereocenters. The lowest BCUT2D eigenvalue weighted by molar-refractivity contribution is 0.0895. The number of aromatic nitrogens is 4. The minimum Gasteiger partial charge on any atom is -0.373 e. The summed E-state index contributed by atoms with van der Waals surface area (Å²) in [6.45, 7) is 7.80. The van der Waals surface area contributed by atoms with Crippen molar-refractivity contribution in [3.8, 4) is 0 Å². The molecule has 1 saturated heterocycles. The summed E-state index contributed by atoms with van der Waals surface area (Å²) in [5.41, 5.74) is 1.14. The molecule has 0 saturated carbocycles. The molecule has 126 valence electrons. The average Bonchev–Trinajstić information content (AvgIpc) is 3.24. The molecule has 0 amide bonds. The summed E-state index contributed by atoms with van der Waals surface area (Å²) in [7, 11) is 1.93. The van der Waals surface area contributed by atoms with Crippen LogP contribution in [0.3, 0.4) is 0 Å². The van der Waals surface area contributed by atoms with Crippen LogP contribution in [0.25, 0.3) is 0 Å². The Bertz CT molecular complexity index is 636. The first-order valence-corrected chi connectivity index (χ1v) is 8.21. The van der Waals surface area contributed by atoms with Crippen LogP contribution in [0.2, 0.25) is 0 Å². The van der Waals surface area contributed by atoms with Gasteiger partial charge >= 0.3 is 0 Å². The zero-order valence-electron chi connectivity index (χ0n) is 14.2. The normalized spacial score (nSPS) is 22.8. The molecule has 0 spiro atoms. The maximum Gasteiger partial charge on any atom is 0.243 e. The molecule has 1 fully saturated rings. The summed E-state index contributed by atoms with van der Waals surface area (Å²) in [6.07, 6.45) is 5.07. The lowest BCUT2D eigenvalue weighted by Crippen LogP contribution is -2.27. The van der Waals surface area contributed by atoms with Crippen LogP contribution in [-0.2, 0) is 11.8 Å².